The maximum atomic E-state index is 12.1. The molecule has 1 heterocycles. The molecule has 27 heavy (non-hydrogen) atoms. The highest BCUT2D eigenvalue weighted by Crippen LogP contribution is 2.10. The Bertz CT molecular complexity index is 841. The zero-order chi connectivity index (χ0) is 19.8. The van der Waals surface area contributed by atoms with Crippen molar-refractivity contribution < 1.29 is 9.59 Å². The second-order valence-corrected chi connectivity index (χ2v) is 6.71. The van der Waals surface area contributed by atoms with E-state index in [4.69, 9.17) is 0 Å². The monoisotopic (exact) mass is 370 g/mol. The number of nitrogens with zero attached hydrogens (tertiary/aromatic N) is 2. The summed E-state index contributed by atoms with van der Waals surface area (Å²) in [4.78, 5) is 38.0. The first kappa shape index (κ1) is 20.4. The molecule has 2 rings (SSSR count). The minimum absolute atomic E-state index is 0.0609. The fourth-order valence-corrected chi connectivity index (χ4v) is 2.53. The average Bonchev–Trinajstić information content (AvgIpc) is 2.62. The summed E-state index contributed by atoms with van der Waals surface area (Å²) >= 11 is 0. The summed E-state index contributed by atoms with van der Waals surface area (Å²) in [6.45, 7) is 3.32. The molecule has 2 N–H and O–H groups in total. The molecule has 0 fully saturated rings. The summed E-state index contributed by atoms with van der Waals surface area (Å²) in [5.41, 5.74) is 1.79. The Kier molecular flexibility index (Phi) is 7.31. The van der Waals surface area contributed by atoms with Crippen molar-refractivity contribution in [2.45, 2.75) is 19.9 Å². The molecule has 0 atom stereocenters. The third kappa shape index (κ3) is 6.71. The summed E-state index contributed by atoms with van der Waals surface area (Å²) in [6.07, 6.45) is 2.52. The number of pyridine rings is 1. The molecule has 7 heteroatoms. The first-order chi connectivity index (χ1) is 12.8. The molecule has 144 valence electrons. The fraction of sp³-hybridized carbons (Fsp3) is 0.350. The van der Waals surface area contributed by atoms with E-state index >= 15 is 0 Å². The Morgan fingerprint density at radius 2 is 1.78 bits per heavy atom. The van der Waals surface area contributed by atoms with Gasteiger partial charge in [-0.2, -0.15) is 0 Å². The molecular weight excluding hydrogens is 344 g/mol. The van der Waals surface area contributed by atoms with Gasteiger partial charge in [-0.05, 0) is 63.8 Å². The van der Waals surface area contributed by atoms with Gasteiger partial charge in [-0.15, -0.1) is 0 Å². The highest BCUT2D eigenvalue weighted by atomic mass is 16.2. The van der Waals surface area contributed by atoms with Gasteiger partial charge in [-0.1, -0.05) is 6.07 Å². The lowest BCUT2D eigenvalue weighted by molar-refractivity contribution is -0.116. The highest BCUT2D eigenvalue weighted by molar-refractivity contribution is 5.95. The molecule has 1 aromatic carbocycles. The van der Waals surface area contributed by atoms with Crippen LogP contribution in [0, 0.1) is 6.92 Å². The van der Waals surface area contributed by atoms with E-state index in [-0.39, 0.29) is 23.9 Å². The van der Waals surface area contributed by atoms with E-state index in [9.17, 15) is 14.4 Å². The van der Waals surface area contributed by atoms with Crippen LogP contribution in [0.5, 0.6) is 0 Å². The number of carbonyl (C=O) groups is 2. The van der Waals surface area contributed by atoms with Gasteiger partial charge in [0.25, 0.3) is 11.5 Å². The Labute approximate surface area is 159 Å². The van der Waals surface area contributed by atoms with Crippen LogP contribution in [0.2, 0.25) is 0 Å². The second kappa shape index (κ2) is 9.68. The zero-order valence-corrected chi connectivity index (χ0v) is 16.0. The third-order valence-corrected chi connectivity index (χ3v) is 3.94. The third-order valence-electron chi connectivity index (χ3n) is 3.94. The van der Waals surface area contributed by atoms with E-state index in [0.717, 1.165) is 18.5 Å². The average molecular weight is 370 g/mol. The van der Waals surface area contributed by atoms with Crippen LogP contribution in [-0.4, -0.2) is 48.5 Å². The molecular formula is C20H26N4O3. The molecule has 0 aliphatic carbocycles. The van der Waals surface area contributed by atoms with Crippen molar-refractivity contribution in [2.24, 2.45) is 0 Å². The van der Waals surface area contributed by atoms with Crippen molar-refractivity contribution in [1.82, 2.24) is 14.8 Å². The first-order valence-electron chi connectivity index (χ1n) is 8.85. The number of aromatic nitrogens is 1. The van der Waals surface area contributed by atoms with Gasteiger partial charge in [-0.25, -0.2) is 0 Å². The second-order valence-electron chi connectivity index (χ2n) is 6.71. The minimum Gasteiger partial charge on any atom is -0.352 e. The number of carbonyl (C=O) groups excluding carboxylic acids is 2. The summed E-state index contributed by atoms with van der Waals surface area (Å²) < 4.78 is 1.36. The molecule has 0 radical (unpaired) electrons. The zero-order valence-electron chi connectivity index (χ0n) is 16.0. The summed E-state index contributed by atoms with van der Waals surface area (Å²) in [6, 6.07) is 9.82. The molecule has 0 saturated heterocycles. The summed E-state index contributed by atoms with van der Waals surface area (Å²) in [5.74, 6) is -0.443. The number of hydrogen-bond donors (Lipinski definition) is 2. The smallest absolute Gasteiger partial charge is 0.251 e. The Morgan fingerprint density at radius 1 is 1.07 bits per heavy atom. The Balaban J connectivity index is 1.87. The van der Waals surface area contributed by atoms with Gasteiger partial charge in [-0.3, -0.25) is 14.4 Å². The van der Waals surface area contributed by atoms with Crippen LogP contribution >= 0.6 is 0 Å². The number of amides is 2. The molecule has 0 unspecified atom stereocenters. The molecule has 0 bridgehead atoms. The molecule has 0 saturated carbocycles. The summed E-state index contributed by atoms with van der Waals surface area (Å²) in [7, 11) is 3.98. The van der Waals surface area contributed by atoms with Crippen LogP contribution in [0.25, 0.3) is 0 Å². The van der Waals surface area contributed by atoms with Crippen LogP contribution < -0.4 is 16.2 Å². The molecule has 0 spiro atoms. The summed E-state index contributed by atoms with van der Waals surface area (Å²) in [5, 5.41) is 5.60. The lowest BCUT2D eigenvalue weighted by Gasteiger charge is -2.10. The SMILES string of the molecule is Cc1ccc(=O)n(CC(=O)Nc2ccc(C(=O)NCCCN(C)C)cc2)c1. The molecule has 2 amide bonds. The van der Waals surface area contributed by atoms with Crippen LogP contribution in [0.4, 0.5) is 5.69 Å². The van der Waals surface area contributed by atoms with Crippen molar-refractivity contribution in [1.29, 1.82) is 0 Å². The fourth-order valence-electron chi connectivity index (χ4n) is 2.53. The van der Waals surface area contributed by atoms with Crippen LogP contribution in [0.1, 0.15) is 22.3 Å². The topological polar surface area (TPSA) is 83.4 Å². The number of hydrogen-bond acceptors (Lipinski definition) is 4. The van der Waals surface area contributed by atoms with E-state index < -0.39 is 0 Å². The first-order valence-corrected chi connectivity index (χ1v) is 8.85. The molecule has 2 aromatic rings. The van der Waals surface area contributed by atoms with Crippen molar-refractivity contribution in [2.75, 3.05) is 32.5 Å². The predicted molar refractivity (Wildman–Crippen MR) is 106 cm³/mol. The van der Waals surface area contributed by atoms with Gasteiger partial charge in [0.15, 0.2) is 0 Å². The number of nitrogens with one attached hydrogen (secondary N) is 2. The molecule has 7 nitrogen and oxygen atoms in total. The molecule has 1 aromatic heterocycles. The normalized spacial score (nSPS) is 10.7. The van der Waals surface area contributed by atoms with E-state index in [1.54, 1.807) is 36.5 Å². The molecule has 0 aliphatic rings. The van der Waals surface area contributed by atoms with E-state index in [1.165, 1.54) is 10.6 Å². The number of benzene rings is 1. The highest BCUT2D eigenvalue weighted by Gasteiger charge is 2.08. The van der Waals surface area contributed by atoms with E-state index in [2.05, 4.69) is 15.5 Å². The van der Waals surface area contributed by atoms with Gasteiger partial charge in [0.1, 0.15) is 6.54 Å². The minimum atomic E-state index is -0.302. The van der Waals surface area contributed by atoms with Gasteiger partial charge in [0.2, 0.25) is 5.91 Å². The maximum Gasteiger partial charge on any atom is 0.251 e. The van der Waals surface area contributed by atoms with E-state index in [0.29, 0.717) is 17.8 Å². The van der Waals surface area contributed by atoms with Crippen molar-refractivity contribution in [3.63, 3.8) is 0 Å². The van der Waals surface area contributed by atoms with Crippen molar-refractivity contribution in [3.05, 3.63) is 64.1 Å². The van der Waals surface area contributed by atoms with Crippen molar-refractivity contribution >= 4 is 17.5 Å². The van der Waals surface area contributed by atoms with E-state index in [1.807, 2.05) is 21.0 Å². The van der Waals surface area contributed by atoms with Gasteiger partial charge in [0.05, 0.1) is 0 Å². The Hall–Kier alpha value is -2.93. The van der Waals surface area contributed by atoms with Gasteiger partial charge < -0.3 is 20.1 Å². The van der Waals surface area contributed by atoms with Gasteiger partial charge >= 0.3 is 0 Å². The van der Waals surface area contributed by atoms with Crippen LogP contribution in [0.15, 0.2) is 47.4 Å². The standard InChI is InChI=1S/C20H26N4O3/c1-15-5-10-19(26)24(13-15)14-18(25)22-17-8-6-16(7-9-17)20(27)21-11-4-12-23(2)3/h5-10,13H,4,11-12,14H2,1-3H3,(H,21,27)(H,22,25). The predicted octanol–water partition coefficient (Wildman–Crippen LogP) is 1.48. The molecule has 0 aliphatic heterocycles. The quantitative estimate of drug-likeness (QED) is 0.690. The van der Waals surface area contributed by atoms with Crippen LogP contribution in [-0.2, 0) is 11.3 Å². The Morgan fingerprint density at radius 3 is 2.44 bits per heavy atom. The number of anilines is 1. The lowest BCUT2D eigenvalue weighted by atomic mass is 10.2. The maximum absolute atomic E-state index is 12.1. The van der Waals surface area contributed by atoms with Crippen molar-refractivity contribution in [3.8, 4) is 0 Å². The van der Waals surface area contributed by atoms with Crippen LogP contribution in [0.3, 0.4) is 0 Å². The largest absolute Gasteiger partial charge is 0.352 e. The lowest BCUT2D eigenvalue weighted by Crippen LogP contribution is -2.27. The number of rotatable bonds is 8. The number of aryl methyl sites for hydroxylation is 1. The van der Waals surface area contributed by atoms with Gasteiger partial charge in [0, 0.05) is 30.1 Å².